The Balaban J connectivity index is 1.99. The van der Waals surface area contributed by atoms with Crippen LogP contribution in [0.3, 0.4) is 0 Å². The van der Waals surface area contributed by atoms with Crippen molar-refractivity contribution in [3.63, 3.8) is 0 Å². The van der Waals surface area contributed by atoms with Crippen LogP contribution in [-0.2, 0) is 0 Å². The summed E-state index contributed by atoms with van der Waals surface area (Å²) in [5, 5.41) is 0.710. The van der Waals surface area contributed by atoms with Crippen molar-refractivity contribution in [3.05, 3.63) is 23.2 Å². The van der Waals surface area contributed by atoms with E-state index in [1.807, 2.05) is 18.2 Å². The number of imidazole rings is 1. The Morgan fingerprint density at radius 3 is 2.68 bits per heavy atom. The fraction of sp³-hybridized carbons (Fsp3) is 0.533. The van der Waals surface area contributed by atoms with Gasteiger partial charge in [0.05, 0.1) is 11.0 Å². The average Bonchev–Trinajstić information content (AvgIpc) is 2.65. The fourth-order valence-corrected chi connectivity index (χ4v) is 3.28. The second-order valence-electron chi connectivity index (χ2n) is 6.37. The summed E-state index contributed by atoms with van der Waals surface area (Å²) in [6.45, 7) is 4.69. The molecule has 1 aliphatic carbocycles. The third kappa shape index (κ3) is 2.32. The molecule has 1 saturated carbocycles. The number of nitrogen functional groups attached to an aromatic ring is 1. The number of hydrogen-bond acceptors (Lipinski definition) is 2. The maximum Gasteiger partial charge on any atom is 0.201 e. The molecule has 0 bridgehead atoms. The molecule has 0 saturated heterocycles. The standard InChI is InChI=1S/C15H20ClN3/c1-15(2)7-5-11(6-8-15)19-13-4-3-10(16)9-12(13)18-14(19)17/h3-4,9,11H,5-8H2,1-2H3,(H2,17,18). The van der Waals surface area contributed by atoms with Gasteiger partial charge in [-0.15, -0.1) is 0 Å². The van der Waals surface area contributed by atoms with E-state index in [1.165, 1.54) is 25.7 Å². The molecule has 0 atom stereocenters. The van der Waals surface area contributed by atoms with Crippen molar-refractivity contribution in [1.29, 1.82) is 0 Å². The van der Waals surface area contributed by atoms with E-state index in [4.69, 9.17) is 17.3 Å². The van der Waals surface area contributed by atoms with Crippen LogP contribution in [0.15, 0.2) is 18.2 Å². The van der Waals surface area contributed by atoms with Gasteiger partial charge in [0.2, 0.25) is 5.95 Å². The van der Waals surface area contributed by atoms with Crippen molar-refractivity contribution in [2.45, 2.75) is 45.6 Å². The zero-order valence-corrected chi connectivity index (χ0v) is 12.2. The molecule has 1 heterocycles. The Kier molecular flexibility index (Phi) is 2.97. The highest BCUT2D eigenvalue weighted by atomic mass is 35.5. The quantitative estimate of drug-likeness (QED) is 0.839. The monoisotopic (exact) mass is 277 g/mol. The molecule has 1 fully saturated rings. The number of nitrogens with zero attached hydrogens (tertiary/aromatic N) is 2. The number of halogens is 1. The largest absolute Gasteiger partial charge is 0.369 e. The molecule has 3 rings (SSSR count). The summed E-state index contributed by atoms with van der Waals surface area (Å²) in [6.07, 6.45) is 4.82. The van der Waals surface area contributed by atoms with E-state index in [0.717, 1.165) is 11.0 Å². The van der Waals surface area contributed by atoms with Gasteiger partial charge in [-0.1, -0.05) is 25.4 Å². The highest BCUT2D eigenvalue weighted by Gasteiger charge is 2.29. The van der Waals surface area contributed by atoms with Crippen molar-refractivity contribution >= 4 is 28.6 Å². The smallest absolute Gasteiger partial charge is 0.201 e. The summed E-state index contributed by atoms with van der Waals surface area (Å²) in [7, 11) is 0. The molecule has 0 amide bonds. The SMILES string of the molecule is CC1(C)CCC(n2c(N)nc3cc(Cl)ccc32)CC1. The lowest BCUT2D eigenvalue weighted by atomic mass is 9.75. The van der Waals surface area contributed by atoms with E-state index in [1.54, 1.807) is 0 Å². The van der Waals surface area contributed by atoms with Gasteiger partial charge in [0, 0.05) is 11.1 Å². The molecule has 19 heavy (non-hydrogen) atoms. The van der Waals surface area contributed by atoms with Gasteiger partial charge in [-0.25, -0.2) is 4.98 Å². The van der Waals surface area contributed by atoms with E-state index >= 15 is 0 Å². The summed E-state index contributed by atoms with van der Waals surface area (Å²) in [5.74, 6) is 0.613. The third-order valence-corrected chi connectivity index (χ3v) is 4.59. The van der Waals surface area contributed by atoms with Gasteiger partial charge in [-0.05, 0) is 49.3 Å². The van der Waals surface area contributed by atoms with Crippen molar-refractivity contribution in [2.75, 3.05) is 5.73 Å². The van der Waals surface area contributed by atoms with E-state index < -0.39 is 0 Å². The maximum atomic E-state index is 6.11. The number of anilines is 1. The number of rotatable bonds is 1. The van der Waals surface area contributed by atoms with Gasteiger partial charge in [-0.3, -0.25) is 0 Å². The lowest BCUT2D eigenvalue weighted by Crippen LogP contribution is -2.24. The van der Waals surface area contributed by atoms with Crippen LogP contribution in [0.2, 0.25) is 5.02 Å². The predicted octanol–water partition coefficient (Wildman–Crippen LogP) is 4.41. The van der Waals surface area contributed by atoms with Gasteiger partial charge in [0.25, 0.3) is 0 Å². The van der Waals surface area contributed by atoms with Crippen molar-refractivity contribution in [2.24, 2.45) is 5.41 Å². The molecule has 0 unspecified atom stereocenters. The zero-order chi connectivity index (χ0) is 13.6. The lowest BCUT2D eigenvalue weighted by molar-refractivity contribution is 0.197. The van der Waals surface area contributed by atoms with Crippen LogP contribution in [0, 0.1) is 5.41 Å². The van der Waals surface area contributed by atoms with Crippen molar-refractivity contribution in [3.8, 4) is 0 Å². The summed E-state index contributed by atoms with van der Waals surface area (Å²) in [6, 6.07) is 6.30. The first-order valence-corrected chi connectivity index (χ1v) is 7.27. The van der Waals surface area contributed by atoms with E-state index in [-0.39, 0.29) is 0 Å². The van der Waals surface area contributed by atoms with Crippen LogP contribution < -0.4 is 5.73 Å². The number of aromatic nitrogens is 2. The Morgan fingerprint density at radius 2 is 2.00 bits per heavy atom. The molecule has 0 radical (unpaired) electrons. The number of hydrogen-bond donors (Lipinski definition) is 1. The van der Waals surface area contributed by atoms with Crippen LogP contribution >= 0.6 is 11.6 Å². The third-order valence-electron chi connectivity index (χ3n) is 4.35. The average molecular weight is 278 g/mol. The minimum absolute atomic E-state index is 0.463. The topological polar surface area (TPSA) is 43.8 Å². The Labute approximate surface area is 118 Å². The van der Waals surface area contributed by atoms with E-state index in [2.05, 4.69) is 23.4 Å². The maximum absolute atomic E-state index is 6.11. The van der Waals surface area contributed by atoms with E-state index in [0.29, 0.717) is 22.4 Å². The molecule has 102 valence electrons. The first-order valence-electron chi connectivity index (χ1n) is 6.89. The van der Waals surface area contributed by atoms with Gasteiger partial charge in [-0.2, -0.15) is 0 Å². The normalized spacial score (nSPS) is 19.9. The summed E-state index contributed by atoms with van der Waals surface area (Å²) < 4.78 is 2.20. The van der Waals surface area contributed by atoms with E-state index in [9.17, 15) is 0 Å². The molecule has 4 heteroatoms. The van der Waals surface area contributed by atoms with Crippen LogP contribution in [-0.4, -0.2) is 9.55 Å². The second-order valence-corrected chi connectivity index (χ2v) is 6.80. The molecular weight excluding hydrogens is 258 g/mol. The molecule has 1 aromatic carbocycles. The molecule has 3 nitrogen and oxygen atoms in total. The second kappa shape index (κ2) is 4.41. The van der Waals surface area contributed by atoms with Crippen LogP contribution in [0.25, 0.3) is 11.0 Å². The molecule has 2 aromatic rings. The summed E-state index contributed by atoms with van der Waals surface area (Å²) >= 11 is 6.01. The highest BCUT2D eigenvalue weighted by molar-refractivity contribution is 6.31. The Hall–Kier alpha value is -1.22. The molecule has 1 aliphatic rings. The molecule has 0 aliphatic heterocycles. The molecular formula is C15H20ClN3. The van der Waals surface area contributed by atoms with Crippen molar-refractivity contribution < 1.29 is 0 Å². The highest BCUT2D eigenvalue weighted by Crippen LogP contribution is 2.42. The molecule has 2 N–H and O–H groups in total. The zero-order valence-electron chi connectivity index (χ0n) is 11.5. The number of fused-ring (bicyclic) bond motifs is 1. The van der Waals surface area contributed by atoms with Crippen molar-refractivity contribution in [1.82, 2.24) is 9.55 Å². The first kappa shape index (κ1) is 12.8. The first-order chi connectivity index (χ1) is 8.96. The van der Waals surface area contributed by atoms with Gasteiger partial charge < -0.3 is 10.3 Å². The number of nitrogens with two attached hydrogens (primary N) is 1. The summed E-state index contributed by atoms with van der Waals surface area (Å²) in [5.41, 5.74) is 8.58. The van der Waals surface area contributed by atoms with Gasteiger partial charge in [0.15, 0.2) is 0 Å². The van der Waals surface area contributed by atoms with Crippen LogP contribution in [0.5, 0.6) is 0 Å². The lowest BCUT2D eigenvalue weighted by Gasteiger charge is -2.35. The minimum Gasteiger partial charge on any atom is -0.369 e. The summed E-state index contributed by atoms with van der Waals surface area (Å²) in [4.78, 5) is 4.44. The van der Waals surface area contributed by atoms with Gasteiger partial charge in [0.1, 0.15) is 0 Å². The van der Waals surface area contributed by atoms with Crippen LogP contribution in [0.1, 0.15) is 45.6 Å². The Bertz CT molecular complexity index is 605. The Morgan fingerprint density at radius 1 is 1.32 bits per heavy atom. The fourth-order valence-electron chi connectivity index (χ4n) is 3.12. The molecule has 0 spiro atoms. The molecule has 1 aromatic heterocycles. The predicted molar refractivity (Wildman–Crippen MR) is 80.4 cm³/mol. The van der Waals surface area contributed by atoms with Crippen LogP contribution in [0.4, 0.5) is 5.95 Å². The number of benzene rings is 1. The minimum atomic E-state index is 0.463. The van der Waals surface area contributed by atoms with Gasteiger partial charge >= 0.3 is 0 Å².